The van der Waals surface area contributed by atoms with Gasteiger partial charge < -0.3 is 20.4 Å². The number of nitrogens with one attached hydrogen (secondary N) is 4. The minimum atomic E-state index is -0.350. The van der Waals surface area contributed by atoms with Crippen LogP contribution in [0.4, 0.5) is 10.7 Å². The lowest BCUT2D eigenvalue weighted by Crippen LogP contribution is -2.48. The second kappa shape index (κ2) is 10.4. The minimum Gasteiger partial charge on any atom is -0.374 e. The van der Waals surface area contributed by atoms with Crippen molar-refractivity contribution in [3.8, 4) is 0 Å². The van der Waals surface area contributed by atoms with Gasteiger partial charge in [-0.1, -0.05) is 29.3 Å². The maximum atomic E-state index is 12.0. The molecule has 0 radical (unpaired) electrons. The number of halogens is 2. The van der Waals surface area contributed by atoms with Gasteiger partial charge in [0.2, 0.25) is 12.4 Å². The molecule has 1 fully saturated rings. The molecule has 1 atom stereocenters. The number of anilines is 1. The highest BCUT2D eigenvalue weighted by Gasteiger charge is 2.21. The summed E-state index contributed by atoms with van der Waals surface area (Å²) < 4.78 is 5.73. The molecule has 1 saturated heterocycles. The number of nitrogens with zero attached hydrogens (tertiary/aromatic N) is 3. The number of ether oxygens (including phenoxy) is 1. The molecule has 4 N–H and O–H groups in total. The van der Waals surface area contributed by atoms with Crippen LogP contribution in [0.5, 0.6) is 0 Å². The van der Waals surface area contributed by atoms with E-state index in [9.17, 15) is 9.59 Å². The van der Waals surface area contributed by atoms with E-state index in [4.69, 9.17) is 27.9 Å². The summed E-state index contributed by atoms with van der Waals surface area (Å²) in [6.45, 7) is 3.31. The van der Waals surface area contributed by atoms with Crippen molar-refractivity contribution in [3.05, 3.63) is 39.6 Å². The highest BCUT2D eigenvalue weighted by atomic mass is 35.5. The van der Waals surface area contributed by atoms with E-state index in [-0.39, 0.29) is 24.6 Å². The molecule has 2 aromatic rings. The fourth-order valence-electron chi connectivity index (χ4n) is 2.87. The van der Waals surface area contributed by atoms with Gasteiger partial charge in [-0.15, -0.1) is 10.2 Å². The monoisotopic (exact) mass is 441 g/mol. The second-order valence-corrected chi connectivity index (χ2v) is 7.24. The molecule has 1 aromatic heterocycles. The molecule has 10 nitrogen and oxygen atoms in total. The Morgan fingerprint density at radius 2 is 2.17 bits per heavy atom. The Hall–Kier alpha value is -2.40. The second-order valence-electron chi connectivity index (χ2n) is 6.42. The topological polar surface area (TPSA) is 124 Å². The van der Waals surface area contributed by atoms with Crippen LogP contribution in [0.1, 0.15) is 11.4 Å². The predicted molar refractivity (Wildman–Crippen MR) is 108 cm³/mol. The Balaban J connectivity index is 1.39. The van der Waals surface area contributed by atoms with Gasteiger partial charge in [0, 0.05) is 26.2 Å². The van der Waals surface area contributed by atoms with Gasteiger partial charge >= 0.3 is 6.03 Å². The van der Waals surface area contributed by atoms with Gasteiger partial charge in [-0.2, -0.15) is 0 Å². The third-order valence-electron chi connectivity index (χ3n) is 4.25. The molecule has 3 amide bonds. The van der Waals surface area contributed by atoms with Crippen molar-refractivity contribution in [1.82, 2.24) is 30.7 Å². The molecule has 2 heterocycles. The number of aromatic amines is 1. The number of carbonyl (C=O) groups is 2. The van der Waals surface area contributed by atoms with E-state index in [0.717, 1.165) is 18.7 Å². The van der Waals surface area contributed by atoms with Crippen LogP contribution < -0.4 is 16.0 Å². The summed E-state index contributed by atoms with van der Waals surface area (Å²) in [5, 5.41) is 16.3. The summed E-state index contributed by atoms with van der Waals surface area (Å²) in [5.74, 6) is 0.640. The van der Waals surface area contributed by atoms with E-state index in [0.29, 0.717) is 42.0 Å². The van der Waals surface area contributed by atoms with E-state index in [1.54, 1.807) is 6.07 Å². The Morgan fingerprint density at radius 3 is 2.97 bits per heavy atom. The summed E-state index contributed by atoms with van der Waals surface area (Å²) in [6.07, 6.45) is 0.366. The molecule has 1 aromatic carbocycles. The molecule has 0 saturated carbocycles. The first kappa shape index (κ1) is 21.3. The van der Waals surface area contributed by atoms with E-state index >= 15 is 0 Å². The van der Waals surface area contributed by atoms with E-state index in [2.05, 4.69) is 36.0 Å². The highest BCUT2D eigenvalue weighted by molar-refractivity contribution is 6.42. The predicted octanol–water partition coefficient (Wildman–Crippen LogP) is 1.38. The highest BCUT2D eigenvalue weighted by Crippen LogP contribution is 2.23. The van der Waals surface area contributed by atoms with Crippen LogP contribution in [-0.4, -0.2) is 64.9 Å². The number of benzene rings is 1. The Morgan fingerprint density at radius 1 is 1.31 bits per heavy atom. The summed E-state index contributed by atoms with van der Waals surface area (Å²) in [7, 11) is 0. The number of aromatic nitrogens is 3. The molecule has 3 rings (SSSR count). The molecule has 0 unspecified atom stereocenters. The number of H-pyrrole nitrogens is 1. The number of hydrogen-bond acceptors (Lipinski definition) is 6. The Labute approximate surface area is 177 Å². The zero-order valence-corrected chi connectivity index (χ0v) is 17.0. The summed E-state index contributed by atoms with van der Waals surface area (Å²) in [4.78, 5) is 27.3. The van der Waals surface area contributed by atoms with Gasteiger partial charge in [0.25, 0.3) is 0 Å². The number of amides is 3. The molecule has 0 spiro atoms. The van der Waals surface area contributed by atoms with Crippen molar-refractivity contribution in [2.75, 3.05) is 31.6 Å². The first-order valence-electron chi connectivity index (χ1n) is 8.95. The van der Waals surface area contributed by atoms with Crippen LogP contribution in [0.25, 0.3) is 0 Å². The third kappa shape index (κ3) is 6.57. The zero-order chi connectivity index (χ0) is 20.6. The average molecular weight is 442 g/mol. The first-order valence-corrected chi connectivity index (χ1v) is 9.70. The molecular weight excluding hydrogens is 421 g/mol. The Kier molecular flexibility index (Phi) is 7.64. The van der Waals surface area contributed by atoms with Gasteiger partial charge in [0.05, 0.1) is 29.3 Å². The molecule has 1 aliphatic rings. The van der Waals surface area contributed by atoms with E-state index < -0.39 is 0 Å². The lowest BCUT2D eigenvalue weighted by molar-refractivity contribution is -0.105. The summed E-state index contributed by atoms with van der Waals surface area (Å²) in [6, 6.07) is 5.25. The van der Waals surface area contributed by atoms with Crippen molar-refractivity contribution < 1.29 is 14.3 Å². The normalized spacial score (nSPS) is 17.0. The van der Waals surface area contributed by atoms with E-state index in [1.807, 2.05) is 12.1 Å². The van der Waals surface area contributed by atoms with Gasteiger partial charge in [-0.05, 0) is 17.7 Å². The van der Waals surface area contributed by atoms with Crippen LogP contribution in [0.2, 0.25) is 10.0 Å². The van der Waals surface area contributed by atoms with Gasteiger partial charge in [-0.3, -0.25) is 15.0 Å². The van der Waals surface area contributed by atoms with Crippen molar-refractivity contribution in [2.45, 2.75) is 19.2 Å². The van der Waals surface area contributed by atoms with Crippen LogP contribution in [-0.2, 0) is 22.6 Å². The van der Waals surface area contributed by atoms with Crippen molar-refractivity contribution >= 4 is 41.6 Å². The number of hydrogen-bond donors (Lipinski definition) is 4. The van der Waals surface area contributed by atoms with Crippen molar-refractivity contribution in [3.63, 3.8) is 0 Å². The number of carbonyl (C=O) groups excluding carboxylic acids is 2. The minimum absolute atomic E-state index is 0.119. The van der Waals surface area contributed by atoms with Crippen LogP contribution >= 0.6 is 23.2 Å². The number of urea groups is 1. The molecular formula is C17H21Cl2N7O3. The standard InChI is InChI=1S/C17H21Cl2N7O3/c18-13-2-1-11(5-14(13)19)8-26-3-4-29-12(9-26)6-20-17(28)21-7-15-23-16(22-10-27)25-24-15/h1-2,5,10,12H,3-4,6-9H2,(H2,20,21,28)(H2,22,23,24,25,27)/t12-/m0/s1. The number of morpholine rings is 1. The maximum absolute atomic E-state index is 12.0. The lowest BCUT2D eigenvalue weighted by atomic mass is 10.2. The van der Waals surface area contributed by atoms with Crippen LogP contribution in [0.3, 0.4) is 0 Å². The molecule has 0 bridgehead atoms. The largest absolute Gasteiger partial charge is 0.374 e. The van der Waals surface area contributed by atoms with Crippen molar-refractivity contribution in [2.24, 2.45) is 0 Å². The van der Waals surface area contributed by atoms with E-state index in [1.165, 1.54) is 0 Å². The number of rotatable bonds is 8. The van der Waals surface area contributed by atoms with Gasteiger partial charge in [-0.25, -0.2) is 4.79 Å². The van der Waals surface area contributed by atoms with Gasteiger partial charge in [0.15, 0.2) is 5.82 Å². The summed E-state index contributed by atoms with van der Waals surface area (Å²) in [5.41, 5.74) is 1.07. The van der Waals surface area contributed by atoms with Crippen molar-refractivity contribution in [1.29, 1.82) is 0 Å². The molecule has 156 valence electrons. The maximum Gasteiger partial charge on any atom is 0.315 e. The average Bonchev–Trinajstić information content (AvgIpc) is 3.16. The quantitative estimate of drug-likeness (QED) is 0.458. The fourth-order valence-corrected chi connectivity index (χ4v) is 3.19. The lowest BCUT2D eigenvalue weighted by Gasteiger charge is -2.33. The third-order valence-corrected chi connectivity index (χ3v) is 4.99. The molecule has 12 heteroatoms. The molecule has 0 aliphatic carbocycles. The SMILES string of the molecule is O=CNc1nnc(CNC(=O)NC[C@H]2CN(Cc3ccc(Cl)c(Cl)c3)CCO2)[nH]1. The molecule has 1 aliphatic heterocycles. The van der Waals surface area contributed by atoms with Crippen LogP contribution in [0.15, 0.2) is 18.2 Å². The van der Waals surface area contributed by atoms with Crippen LogP contribution in [0, 0.1) is 0 Å². The Bertz CT molecular complexity index is 848. The molecule has 29 heavy (non-hydrogen) atoms. The smallest absolute Gasteiger partial charge is 0.315 e. The summed E-state index contributed by atoms with van der Waals surface area (Å²) >= 11 is 12.0. The first-order chi connectivity index (χ1) is 14.0. The fraction of sp³-hybridized carbons (Fsp3) is 0.412. The van der Waals surface area contributed by atoms with Gasteiger partial charge in [0.1, 0.15) is 0 Å². The zero-order valence-electron chi connectivity index (χ0n) is 15.5.